The molecule has 0 spiro atoms. The Bertz CT molecular complexity index is 419. The van der Waals surface area contributed by atoms with E-state index in [9.17, 15) is 12.8 Å². The van der Waals surface area contributed by atoms with Gasteiger partial charge in [0.1, 0.15) is 5.82 Å². The zero-order valence-corrected chi connectivity index (χ0v) is 9.12. The minimum absolute atomic E-state index is 0.0873. The van der Waals surface area contributed by atoms with Crippen molar-refractivity contribution in [3.05, 3.63) is 28.5 Å². The summed E-state index contributed by atoms with van der Waals surface area (Å²) in [5.41, 5.74) is 0. The highest BCUT2D eigenvalue weighted by atomic mass is 79.9. The van der Waals surface area contributed by atoms with Crippen LogP contribution in [-0.2, 0) is 10.0 Å². The third kappa shape index (κ3) is 2.26. The van der Waals surface area contributed by atoms with E-state index in [1.807, 2.05) is 0 Å². The fourth-order valence-corrected chi connectivity index (χ4v) is 1.75. The average molecular weight is 268 g/mol. The number of halogens is 2. The lowest BCUT2D eigenvalue weighted by Crippen LogP contribution is -2.18. The molecule has 0 amide bonds. The van der Waals surface area contributed by atoms with Gasteiger partial charge in [-0.05, 0) is 41.2 Å². The molecule has 0 aliphatic rings. The molecule has 1 N–H and O–H groups in total. The van der Waals surface area contributed by atoms with Gasteiger partial charge in [0.25, 0.3) is 0 Å². The molecule has 0 fully saturated rings. The van der Waals surface area contributed by atoms with E-state index in [0.29, 0.717) is 0 Å². The van der Waals surface area contributed by atoms with Gasteiger partial charge in [-0.25, -0.2) is 17.5 Å². The van der Waals surface area contributed by atoms with Gasteiger partial charge < -0.3 is 0 Å². The molecule has 1 rings (SSSR count). The van der Waals surface area contributed by atoms with Crippen molar-refractivity contribution < 1.29 is 12.8 Å². The fraction of sp³-hybridized carbons (Fsp3) is 0.143. The van der Waals surface area contributed by atoms with Gasteiger partial charge >= 0.3 is 0 Å². The Morgan fingerprint density at radius 1 is 1.46 bits per heavy atom. The van der Waals surface area contributed by atoms with E-state index in [1.54, 1.807) is 0 Å². The molecule has 0 aromatic heterocycles. The number of nitrogens with one attached hydrogen (secondary N) is 1. The van der Waals surface area contributed by atoms with Crippen molar-refractivity contribution in [1.82, 2.24) is 4.72 Å². The molecule has 0 unspecified atom stereocenters. The topological polar surface area (TPSA) is 46.2 Å². The lowest BCUT2D eigenvalue weighted by atomic mass is 10.3. The molecule has 72 valence electrons. The van der Waals surface area contributed by atoms with Crippen molar-refractivity contribution in [2.75, 3.05) is 7.05 Å². The maximum absolute atomic E-state index is 12.9. The highest BCUT2D eigenvalue weighted by Gasteiger charge is 2.12. The molecule has 0 heterocycles. The summed E-state index contributed by atoms with van der Waals surface area (Å²) in [5.74, 6) is -0.601. The van der Waals surface area contributed by atoms with E-state index in [4.69, 9.17) is 0 Å². The Kier molecular flexibility index (Phi) is 3.05. The smallest absolute Gasteiger partial charge is 0.214 e. The molecule has 1 aromatic carbocycles. The predicted molar refractivity (Wildman–Crippen MR) is 50.3 cm³/mol. The van der Waals surface area contributed by atoms with Crippen LogP contribution in [0.15, 0.2) is 27.6 Å². The maximum Gasteiger partial charge on any atom is 0.240 e. The van der Waals surface area contributed by atoms with Crippen LogP contribution in [0.2, 0.25) is 0 Å². The molecule has 3 nitrogen and oxygen atoms in total. The van der Waals surface area contributed by atoms with Crippen molar-refractivity contribution in [2.45, 2.75) is 4.90 Å². The summed E-state index contributed by atoms with van der Waals surface area (Å²) in [5, 5.41) is 0. The van der Waals surface area contributed by atoms with Gasteiger partial charge in [0.05, 0.1) is 9.37 Å². The van der Waals surface area contributed by atoms with Crippen LogP contribution < -0.4 is 4.72 Å². The minimum atomic E-state index is -3.55. The molecule has 6 heteroatoms. The molecular formula is C7H7BrFNO2S. The monoisotopic (exact) mass is 267 g/mol. The summed E-state index contributed by atoms with van der Waals surface area (Å²) < 4.78 is 37.6. The molecule has 0 bridgehead atoms. The summed E-state index contributed by atoms with van der Waals surface area (Å²) >= 11 is 2.93. The summed E-state index contributed by atoms with van der Waals surface area (Å²) in [6, 6.07) is 3.62. The van der Waals surface area contributed by atoms with Crippen molar-refractivity contribution in [3.8, 4) is 0 Å². The first kappa shape index (κ1) is 10.6. The van der Waals surface area contributed by atoms with E-state index in [2.05, 4.69) is 20.7 Å². The van der Waals surface area contributed by atoms with Gasteiger partial charge in [-0.15, -0.1) is 0 Å². The molecule has 0 radical (unpaired) electrons. The van der Waals surface area contributed by atoms with Crippen molar-refractivity contribution in [1.29, 1.82) is 0 Å². The Balaban J connectivity index is 3.27. The van der Waals surface area contributed by atoms with Gasteiger partial charge in [-0.1, -0.05) is 0 Å². The second kappa shape index (κ2) is 3.73. The van der Waals surface area contributed by atoms with E-state index in [-0.39, 0.29) is 9.37 Å². The molecule has 0 aliphatic heterocycles. The zero-order valence-electron chi connectivity index (χ0n) is 6.71. The molecule has 0 saturated heterocycles. The third-order valence-electron chi connectivity index (χ3n) is 1.47. The fourth-order valence-electron chi connectivity index (χ4n) is 0.762. The Morgan fingerprint density at radius 3 is 2.54 bits per heavy atom. The van der Waals surface area contributed by atoms with Crippen molar-refractivity contribution in [3.63, 3.8) is 0 Å². The third-order valence-corrected chi connectivity index (χ3v) is 3.53. The van der Waals surface area contributed by atoms with E-state index in [0.717, 1.165) is 6.07 Å². The van der Waals surface area contributed by atoms with E-state index >= 15 is 0 Å². The average Bonchev–Trinajstić information content (AvgIpc) is 2.09. The van der Waals surface area contributed by atoms with Crippen LogP contribution in [0.4, 0.5) is 4.39 Å². The standard InChI is InChI=1S/C7H7BrFNO2S/c1-10-13(11,12)5-2-3-6(8)7(9)4-5/h2-4,10H,1H3. The second-order valence-corrected chi connectivity index (χ2v) is 5.02. The quantitative estimate of drug-likeness (QED) is 0.883. The van der Waals surface area contributed by atoms with Gasteiger partial charge in [0.2, 0.25) is 10.0 Å². The molecule has 13 heavy (non-hydrogen) atoms. The number of benzene rings is 1. The predicted octanol–water partition coefficient (Wildman–Crippen LogP) is 1.50. The van der Waals surface area contributed by atoms with Crippen LogP contribution in [0.3, 0.4) is 0 Å². The molecule has 0 saturated carbocycles. The Labute approximate surface area is 84.1 Å². The SMILES string of the molecule is CNS(=O)(=O)c1ccc(Br)c(F)c1. The minimum Gasteiger partial charge on any atom is -0.214 e. The van der Waals surface area contributed by atoms with Crippen molar-refractivity contribution >= 4 is 26.0 Å². The summed E-state index contributed by atoms with van der Waals surface area (Å²) in [4.78, 5) is -0.0873. The van der Waals surface area contributed by atoms with E-state index < -0.39 is 15.8 Å². The van der Waals surface area contributed by atoms with E-state index in [1.165, 1.54) is 19.2 Å². The normalized spacial score (nSPS) is 11.6. The second-order valence-electron chi connectivity index (χ2n) is 2.28. The molecular weight excluding hydrogens is 261 g/mol. The lowest BCUT2D eigenvalue weighted by Gasteiger charge is -2.02. The van der Waals surface area contributed by atoms with Gasteiger partial charge in [-0.2, -0.15) is 0 Å². The molecule has 0 aliphatic carbocycles. The van der Waals surface area contributed by atoms with Gasteiger partial charge in [-0.3, -0.25) is 0 Å². The molecule has 0 atom stereocenters. The first-order chi connectivity index (χ1) is 5.97. The molecule has 1 aromatic rings. The number of sulfonamides is 1. The summed E-state index contributed by atoms with van der Waals surface area (Å²) in [6.45, 7) is 0. The Hall–Kier alpha value is -0.460. The van der Waals surface area contributed by atoms with Crippen LogP contribution >= 0.6 is 15.9 Å². The number of rotatable bonds is 2. The van der Waals surface area contributed by atoms with Crippen LogP contribution in [0.5, 0.6) is 0 Å². The van der Waals surface area contributed by atoms with Crippen LogP contribution in [-0.4, -0.2) is 15.5 Å². The maximum atomic E-state index is 12.9. The number of hydrogen-bond acceptors (Lipinski definition) is 2. The summed E-state index contributed by atoms with van der Waals surface area (Å²) in [7, 11) is -2.28. The number of hydrogen-bond donors (Lipinski definition) is 1. The van der Waals surface area contributed by atoms with Crippen molar-refractivity contribution in [2.24, 2.45) is 0 Å². The first-order valence-electron chi connectivity index (χ1n) is 3.36. The van der Waals surface area contributed by atoms with Gasteiger partial charge in [0, 0.05) is 0 Å². The van der Waals surface area contributed by atoms with Gasteiger partial charge in [0.15, 0.2) is 0 Å². The van der Waals surface area contributed by atoms with Crippen LogP contribution in [0, 0.1) is 5.82 Å². The first-order valence-corrected chi connectivity index (χ1v) is 5.63. The van der Waals surface area contributed by atoms with Crippen LogP contribution in [0.1, 0.15) is 0 Å². The highest BCUT2D eigenvalue weighted by molar-refractivity contribution is 9.10. The lowest BCUT2D eigenvalue weighted by molar-refractivity contribution is 0.583. The largest absolute Gasteiger partial charge is 0.240 e. The Morgan fingerprint density at radius 2 is 2.08 bits per heavy atom. The zero-order chi connectivity index (χ0) is 10.1. The summed E-state index contributed by atoms with van der Waals surface area (Å²) in [6.07, 6.45) is 0. The highest BCUT2D eigenvalue weighted by Crippen LogP contribution is 2.18. The van der Waals surface area contributed by atoms with Crippen LogP contribution in [0.25, 0.3) is 0 Å².